The number of benzene rings is 1. The van der Waals surface area contributed by atoms with E-state index in [1.165, 1.54) is 12.8 Å². The Hall–Kier alpha value is -3.77. The summed E-state index contributed by atoms with van der Waals surface area (Å²) in [6.45, 7) is 3.31. The van der Waals surface area contributed by atoms with Crippen molar-refractivity contribution >= 4 is 17.5 Å². The van der Waals surface area contributed by atoms with E-state index >= 15 is 0 Å². The van der Waals surface area contributed by atoms with Gasteiger partial charge in [0.25, 0.3) is 5.91 Å². The van der Waals surface area contributed by atoms with Crippen molar-refractivity contribution in [1.29, 1.82) is 5.26 Å². The van der Waals surface area contributed by atoms with Gasteiger partial charge in [0.1, 0.15) is 0 Å². The molecule has 1 N–H and O–H groups in total. The molecule has 2 aliphatic rings. The van der Waals surface area contributed by atoms with Crippen LogP contribution in [0.2, 0.25) is 0 Å². The van der Waals surface area contributed by atoms with E-state index in [0.717, 1.165) is 56.0 Å². The third-order valence-electron chi connectivity index (χ3n) is 7.32. The lowest BCUT2D eigenvalue weighted by molar-refractivity contribution is 0.0664. The molecule has 1 aliphatic heterocycles. The number of anilines is 2. The Labute approximate surface area is 211 Å². The highest BCUT2D eigenvalue weighted by atomic mass is 16.2. The first-order valence-electron chi connectivity index (χ1n) is 12.7. The van der Waals surface area contributed by atoms with E-state index in [1.807, 2.05) is 52.3 Å². The molecule has 1 saturated carbocycles. The summed E-state index contributed by atoms with van der Waals surface area (Å²) in [5.41, 5.74) is 3.16. The molecule has 2 aromatic heterocycles. The van der Waals surface area contributed by atoms with Crippen LogP contribution in [-0.2, 0) is 0 Å². The second-order valence-electron chi connectivity index (χ2n) is 9.75. The average Bonchev–Trinajstić information content (AvgIpc) is 3.61. The number of nitrogens with one attached hydrogen (secondary N) is 1. The van der Waals surface area contributed by atoms with Crippen molar-refractivity contribution in [2.75, 3.05) is 38.5 Å². The van der Waals surface area contributed by atoms with Gasteiger partial charge in [0.15, 0.2) is 0 Å². The van der Waals surface area contributed by atoms with Gasteiger partial charge in [-0.3, -0.25) is 9.48 Å². The van der Waals surface area contributed by atoms with Crippen LogP contribution in [0.5, 0.6) is 0 Å². The molecule has 3 heterocycles. The molecule has 0 spiro atoms. The van der Waals surface area contributed by atoms with E-state index in [9.17, 15) is 10.1 Å². The molecule has 1 aromatic carbocycles. The number of carbonyl (C=O) groups is 1. The van der Waals surface area contributed by atoms with Gasteiger partial charge in [-0.05, 0) is 56.1 Å². The van der Waals surface area contributed by atoms with E-state index in [4.69, 9.17) is 0 Å². The fourth-order valence-electron chi connectivity index (χ4n) is 5.16. The van der Waals surface area contributed by atoms with Crippen molar-refractivity contribution in [3.8, 4) is 17.3 Å². The molecule has 1 aliphatic carbocycles. The molecule has 3 aromatic rings. The Kier molecular flexibility index (Phi) is 7.23. The van der Waals surface area contributed by atoms with Crippen molar-refractivity contribution < 1.29 is 4.79 Å². The van der Waals surface area contributed by atoms with Gasteiger partial charge in [0.05, 0.1) is 30.4 Å². The molecular formula is C27H32N8O. The molecule has 9 nitrogen and oxygen atoms in total. The van der Waals surface area contributed by atoms with Crippen LogP contribution in [0.1, 0.15) is 48.5 Å². The van der Waals surface area contributed by atoms with Gasteiger partial charge in [-0.1, -0.05) is 12.8 Å². The Morgan fingerprint density at radius 2 is 1.89 bits per heavy atom. The second-order valence-corrected chi connectivity index (χ2v) is 9.75. The minimum absolute atomic E-state index is 0.0669. The molecule has 5 rings (SSSR count). The number of amides is 1. The average molecular weight is 485 g/mol. The largest absolute Gasteiger partial charge is 0.336 e. The summed E-state index contributed by atoms with van der Waals surface area (Å²) < 4.78 is 1.94. The van der Waals surface area contributed by atoms with Crippen LogP contribution >= 0.6 is 0 Å². The lowest BCUT2D eigenvalue weighted by Crippen LogP contribution is -2.47. The molecule has 0 bridgehead atoms. The summed E-state index contributed by atoms with van der Waals surface area (Å²) in [4.78, 5) is 26.0. The highest BCUT2D eigenvalue weighted by molar-refractivity contribution is 5.94. The molecule has 1 atom stereocenters. The van der Waals surface area contributed by atoms with Crippen molar-refractivity contribution in [2.24, 2.45) is 5.92 Å². The van der Waals surface area contributed by atoms with Crippen molar-refractivity contribution in [1.82, 2.24) is 29.5 Å². The first-order valence-corrected chi connectivity index (χ1v) is 12.7. The van der Waals surface area contributed by atoms with E-state index in [0.29, 0.717) is 23.9 Å². The third kappa shape index (κ3) is 5.39. The van der Waals surface area contributed by atoms with Gasteiger partial charge < -0.3 is 15.1 Å². The number of hydrogen-bond donors (Lipinski definition) is 1. The number of aromatic nitrogens is 4. The Morgan fingerprint density at radius 1 is 1.14 bits per heavy atom. The summed E-state index contributed by atoms with van der Waals surface area (Å²) in [7, 11) is 2.08. The monoisotopic (exact) mass is 484 g/mol. The highest BCUT2D eigenvalue weighted by Crippen LogP contribution is 2.36. The minimum atomic E-state index is 0.0669. The summed E-state index contributed by atoms with van der Waals surface area (Å²) >= 11 is 0. The predicted molar refractivity (Wildman–Crippen MR) is 138 cm³/mol. The van der Waals surface area contributed by atoms with Gasteiger partial charge in [0.2, 0.25) is 5.95 Å². The van der Waals surface area contributed by atoms with Gasteiger partial charge >= 0.3 is 0 Å². The van der Waals surface area contributed by atoms with Gasteiger partial charge in [-0.15, -0.1) is 0 Å². The van der Waals surface area contributed by atoms with Crippen LogP contribution in [0.4, 0.5) is 11.6 Å². The van der Waals surface area contributed by atoms with Crippen LogP contribution in [-0.4, -0.2) is 68.7 Å². The number of piperazine rings is 1. The minimum Gasteiger partial charge on any atom is -0.336 e. The van der Waals surface area contributed by atoms with Crippen LogP contribution < -0.4 is 5.32 Å². The molecule has 1 amide bonds. The van der Waals surface area contributed by atoms with Crippen LogP contribution in [0.3, 0.4) is 0 Å². The molecule has 186 valence electrons. The summed E-state index contributed by atoms with van der Waals surface area (Å²) in [5.74, 6) is 1.05. The molecule has 9 heteroatoms. The maximum Gasteiger partial charge on any atom is 0.253 e. The maximum atomic E-state index is 12.8. The number of rotatable bonds is 7. The summed E-state index contributed by atoms with van der Waals surface area (Å²) in [6, 6.07) is 11.8. The lowest BCUT2D eigenvalue weighted by Gasteiger charge is -2.32. The molecule has 1 unspecified atom stereocenters. The van der Waals surface area contributed by atoms with Gasteiger partial charge in [-0.25, -0.2) is 9.97 Å². The number of likely N-dealkylation sites (N-methyl/N-ethyl adjacent to an activating group) is 1. The molecule has 1 saturated heterocycles. The summed E-state index contributed by atoms with van der Waals surface area (Å²) in [5, 5.41) is 17.2. The van der Waals surface area contributed by atoms with Crippen molar-refractivity contribution in [3.63, 3.8) is 0 Å². The van der Waals surface area contributed by atoms with Crippen LogP contribution in [0, 0.1) is 17.2 Å². The van der Waals surface area contributed by atoms with E-state index in [2.05, 4.69) is 38.4 Å². The number of carbonyl (C=O) groups excluding carboxylic acids is 1. The van der Waals surface area contributed by atoms with E-state index < -0.39 is 0 Å². The molecule has 0 radical (unpaired) electrons. The zero-order chi connectivity index (χ0) is 24.9. The standard InChI is InChI=1S/C27H32N8O/c1-33-14-16-34(17-15-33)26(36)21-6-8-23(9-7-21)31-27-29-13-11-24(32-27)22-18-30-35(19-22)25(10-12-28)20-4-2-3-5-20/h6-9,11,13,18-20,25H,2-5,10,14-17H2,1H3,(H,29,31,32). The SMILES string of the molecule is CN1CCN(C(=O)c2ccc(Nc3nccc(-c4cnn(C(CC#N)C5CCCC5)c4)n3)cc2)CC1. The smallest absolute Gasteiger partial charge is 0.253 e. The first kappa shape index (κ1) is 23.9. The quantitative estimate of drug-likeness (QED) is 0.538. The predicted octanol–water partition coefficient (Wildman–Crippen LogP) is 4.12. The zero-order valence-electron chi connectivity index (χ0n) is 20.7. The number of nitrogens with zero attached hydrogens (tertiary/aromatic N) is 7. The molecule has 36 heavy (non-hydrogen) atoms. The summed E-state index contributed by atoms with van der Waals surface area (Å²) in [6.07, 6.45) is 10.8. The maximum absolute atomic E-state index is 12.8. The Balaban J connectivity index is 1.26. The number of nitriles is 1. The first-order chi connectivity index (χ1) is 17.6. The van der Waals surface area contributed by atoms with Crippen LogP contribution in [0.25, 0.3) is 11.3 Å². The van der Waals surface area contributed by atoms with Crippen molar-refractivity contribution in [3.05, 3.63) is 54.5 Å². The fourth-order valence-corrected chi connectivity index (χ4v) is 5.16. The van der Waals surface area contributed by atoms with E-state index in [1.54, 1.807) is 6.20 Å². The van der Waals surface area contributed by atoms with Crippen LogP contribution in [0.15, 0.2) is 48.9 Å². The number of hydrogen-bond acceptors (Lipinski definition) is 7. The Morgan fingerprint density at radius 3 is 2.61 bits per heavy atom. The van der Waals surface area contributed by atoms with Crippen molar-refractivity contribution in [2.45, 2.75) is 38.1 Å². The van der Waals surface area contributed by atoms with E-state index in [-0.39, 0.29) is 11.9 Å². The second kappa shape index (κ2) is 10.9. The highest BCUT2D eigenvalue weighted by Gasteiger charge is 2.27. The normalized spacial score (nSPS) is 17.6. The molecular weight excluding hydrogens is 452 g/mol. The molecule has 2 fully saturated rings. The topological polar surface area (TPSA) is 103 Å². The Bertz CT molecular complexity index is 1220. The lowest BCUT2D eigenvalue weighted by atomic mass is 9.96. The van der Waals surface area contributed by atoms with Gasteiger partial charge in [-0.2, -0.15) is 10.4 Å². The zero-order valence-corrected chi connectivity index (χ0v) is 20.7. The van der Waals surface area contributed by atoms with Gasteiger partial charge in [0, 0.05) is 55.4 Å². The fraction of sp³-hybridized carbons (Fsp3) is 0.444. The third-order valence-corrected chi connectivity index (χ3v) is 7.32.